The number of hydrogen-bond acceptors (Lipinski definition) is 5. The fourth-order valence-corrected chi connectivity index (χ4v) is 2.65. The normalized spacial score (nSPS) is 35.1. The Kier molecular flexibility index (Phi) is 2.74. The number of nitrogens with zero attached hydrogens (tertiary/aromatic N) is 3. The van der Waals surface area contributed by atoms with E-state index in [1.54, 1.807) is 5.01 Å². The number of amides is 1. The quantitative estimate of drug-likeness (QED) is 0.726. The maximum Gasteiger partial charge on any atom is 0.313 e. The van der Waals surface area contributed by atoms with Crippen molar-refractivity contribution in [2.24, 2.45) is 10.9 Å². The smallest absolute Gasteiger partial charge is 0.296 e. The molecule has 0 aromatic rings. The molecular formula is C11H17FN4O2. The van der Waals surface area contributed by atoms with Crippen LogP contribution in [0.25, 0.3) is 0 Å². The maximum absolute atomic E-state index is 13.9. The van der Waals surface area contributed by atoms with Gasteiger partial charge in [-0.3, -0.25) is 15.1 Å². The lowest BCUT2D eigenvalue weighted by Gasteiger charge is -2.23. The summed E-state index contributed by atoms with van der Waals surface area (Å²) < 4.78 is 13.9. The molecule has 0 spiro atoms. The lowest BCUT2D eigenvalue weighted by Crippen LogP contribution is -2.48. The van der Waals surface area contributed by atoms with Gasteiger partial charge in [0.15, 0.2) is 6.17 Å². The molecule has 7 heteroatoms. The zero-order valence-corrected chi connectivity index (χ0v) is 10.5. The molecule has 2 fully saturated rings. The van der Waals surface area contributed by atoms with Crippen LogP contribution in [0.1, 0.15) is 19.3 Å². The summed E-state index contributed by atoms with van der Waals surface area (Å²) >= 11 is 0. The molecular weight excluding hydrogens is 239 g/mol. The highest BCUT2D eigenvalue weighted by Gasteiger charge is 2.51. The molecule has 0 radical (unpaired) electrons. The third-order valence-corrected chi connectivity index (χ3v) is 3.86. The molecule has 1 aliphatic carbocycles. The molecule has 1 saturated heterocycles. The Morgan fingerprint density at radius 2 is 2.33 bits per heavy atom. The van der Waals surface area contributed by atoms with Gasteiger partial charge in [-0.15, -0.1) is 0 Å². The molecule has 3 atom stereocenters. The Hall–Kier alpha value is -1.21. The van der Waals surface area contributed by atoms with E-state index in [0.717, 1.165) is 17.9 Å². The van der Waals surface area contributed by atoms with Gasteiger partial charge < -0.3 is 0 Å². The molecule has 3 unspecified atom stereocenters. The molecule has 100 valence electrons. The van der Waals surface area contributed by atoms with Crippen LogP contribution in [-0.4, -0.2) is 54.4 Å². The highest BCUT2D eigenvalue weighted by Crippen LogP contribution is 2.43. The predicted molar refractivity (Wildman–Crippen MR) is 62.0 cm³/mol. The minimum atomic E-state index is -0.999. The van der Waals surface area contributed by atoms with Gasteiger partial charge in [0.25, 0.3) is 0 Å². The summed E-state index contributed by atoms with van der Waals surface area (Å²) in [5, 5.41) is 2.88. The van der Waals surface area contributed by atoms with Crippen molar-refractivity contribution in [3.63, 3.8) is 0 Å². The Bertz CT molecular complexity index is 399. The molecule has 2 aliphatic heterocycles. The second-order valence-electron chi connectivity index (χ2n) is 5.05. The molecule has 1 N–H and O–H groups in total. The Morgan fingerprint density at radius 3 is 2.94 bits per heavy atom. The van der Waals surface area contributed by atoms with E-state index in [1.165, 1.54) is 14.2 Å². The van der Waals surface area contributed by atoms with E-state index in [0.29, 0.717) is 12.3 Å². The minimum Gasteiger partial charge on any atom is -0.296 e. The number of aliphatic imine (C=N–C) groups is 1. The van der Waals surface area contributed by atoms with Crippen molar-refractivity contribution < 1.29 is 14.0 Å². The van der Waals surface area contributed by atoms with Crippen molar-refractivity contribution >= 4 is 11.7 Å². The third-order valence-electron chi connectivity index (χ3n) is 3.86. The molecule has 0 aromatic heterocycles. The lowest BCUT2D eigenvalue weighted by atomic mass is 10.1. The van der Waals surface area contributed by atoms with Gasteiger partial charge in [0.05, 0.1) is 7.11 Å². The summed E-state index contributed by atoms with van der Waals surface area (Å²) in [5.74, 6) is 0.330. The number of hydroxylamine groups is 2. The Labute approximate surface area is 105 Å². The van der Waals surface area contributed by atoms with Crippen LogP contribution in [0.2, 0.25) is 0 Å². The number of rotatable bonds is 3. The fourth-order valence-electron chi connectivity index (χ4n) is 2.65. The zero-order chi connectivity index (χ0) is 12.9. The summed E-state index contributed by atoms with van der Waals surface area (Å²) in [7, 11) is 2.90. The highest BCUT2D eigenvalue weighted by molar-refractivity contribution is 6.37. The Balaban J connectivity index is 1.74. The summed E-state index contributed by atoms with van der Waals surface area (Å²) in [6.45, 7) is 0. The SMILES string of the molecule is CON(C)C(=O)C1=NC2C(F)CC(C3CC3)N2N1. The number of hydrogen-bond donors (Lipinski definition) is 1. The van der Waals surface area contributed by atoms with E-state index >= 15 is 0 Å². The van der Waals surface area contributed by atoms with Crippen LogP contribution < -0.4 is 5.43 Å². The van der Waals surface area contributed by atoms with Crippen molar-refractivity contribution in [2.75, 3.05) is 14.2 Å². The number of amidine groups is 1. The average Bonchev–Trinajstić information content (AvgIpc) is 3.03. The van der Waals surface area contributed by atoms with Crippen LogP contribution >= 0.6 is 0 Å². The first-order valence-corrected chi connectivity index (χ1v) is 6.21. The van der Waals surface area contributed by atoms with Gasteiger partial charge in [0.2, 0.25) is 5.84 Å². The molecule has 3 rings (SSSR count). The first-order valence-electron chi connectivity index (χ1n) is 6.21. The van der Waals surface area contributed by atoms with Gasteiger partial charge in [-0.25, -0.2) is 14.4 Å². The number of halogens is 1. The largest absolute Gasteiger partial charge is 0.313 e. The molecule has 0 aromatic carbocycles. The average molecular weight is 256 g/mol. The number of carbonyl (C=O) groups is 1. The van der Waals surface area contributed by atoms with Crippen molar-refractivity contribution in [1.82, 2.24) is 15.5 Å². The van der Waals surface area contributed by atoms with E-state index in [4.69, 9.17) is 4.84 Å². The highest BCUT2D eigenvalue weighted by atomic mass is 19.1. The number of nitrogens with one attached hydrogen (secondary N) is 1. The molecule has 18 heavy (non-hydrogen) atoms. The fraction of sp³-hybridized carbons (Fsp3) is 0.818. The van der Waals surface area contributed by atoms with E-state index < -0.39 is 12.3 Å². The summed E-state index contributed by atoms with van der Waals surface area (Å²) in [6, 6.07) is 0.159. The van der Waals surface area contributed by atoms with Crippen molar-refractivity contribution in [1.29, 1.82) is 0 Å². The van der Waals surface area contributed by atoms with E-state index in [9.17, 15) is 9.18 Å². The molecule has 1 amide bonds. The van der Waals surface area contributed by atoms with Crippen LogP contribution in [0, 0.1) is 5.92 Å². The number of hydrazine groups is 1. The van der Waals surface area contributed by atoms with Crippen LogP contribution in [0.5, 0.6) is 0 Å². The van der Waals surface area contributed by atoms with Gasteiger partial charge in [-0.05, 0) is 25.2 Å². The van der Waals surface area contributed by atoms with Gasteiger partial charge in [0.1, 0.15) is 6.17 Å². The second-order valence-corrected chi connectivity index (χ2v) is 5.05. The van der Waals surface area contributed by atoms with Crippen molar-refractivity contribution in [3.05, 3.63) is 0 Å². The minimum absolute atomic E-state index is 0.159. The van der Waals surface area contributed by atoms with Crippen LogP contribution in [0.4, 0.5) is 4.39 Å². The summed E-state index contributed by atoms with van der Waals surface area (Å²) in [4.78, 5) is 20.8. The summed E-state index contributed by atoms with van der Waals surface area (Å²) in [6.07, 6.45) is 1.24. The third kappa shape index (κ3) is 1.78. The van der Waals surface area contributed by atoms with Gasteiger partial charge in [-0.2, -0.15) is 5.01 Å². The second kappa shape index (κ2) is 4.17. The van der Waals surface area contributed by atoms with E-state index in [-0.39, 0.29) is 17.8 Å². The topological polar surface area (TPSA) is 57.2 Å². The molecule has 3 aliphatic rings. The molecule has 0 bridgehead atoms. The first-order chi connectivity index (χ1) is 8.61. The van der Waals surface area contributed by atoms with E-state index in [2.05, 4.69) is 10.4 Å². The molecule has 1 saturated carbocycles. The summed E-state index contributed by atoms with van der Waals surface area (Å²) in [5.41, 5.74) is 2.94. The number of alkyl halides is 1. The predicted octanol–water partition coefficient (Wildman–Crippen LogP) is 0.0714. The van der Waals surface area contributed by atoms with Crippen LogP contribution in [-0.2, 0) is 9.63 Å². The van der Waals surface area contributed by atoms with E-state index in [1.807, 2.05) is 0 Å². The monoisotopic (exact) mass is 256 g/mol. The maximum atomic E-state index is 13.9. The van der Waals surface area contributed by atoms with Crippen LogP contribution in [0.15, 0.2) is 4.99 Å². The van der Waals surface area contributed by atoms with Gasteiger partial charge in [-0.1, -0.05) is 0 Å². The zero-order valence-electron chi connectivity index (χ0n) is 10.5. The Morgan fingerprint density at radius 1 is 1.61 bits per heavy atom. The standard InChI is InChI=1S/C11H17FN4O2/c1-15(18-2)11(17)9-13-10-7(12)5-8(6-3-4-6)16(10)14-9/h6-8,10H,3-5H2,1-2H3,(H,13,14). The number of likely N-dealkylation sites (N-methyl/N-ethyl adjacent to an activating group) is 1. The van der Waals surface area contributed by atoms with Gasteiger partial charge >= 0.3 is 5.91 Å². The molecule has 6 nitrogen and oxygen atoms in total. The number of fused-ring (bicyclic) bond motifs is 1. The van der Waals surface area contributed by atoms with Crippen LogP contribution in [0.3, 0.4) is 0 Å². The lowest BCUT2D eigenvalue weighted by molar-refractivity contribution is -0.160. The first kappa shape index (κ1) is 11.9. The van der Waals surface area contributed by atoms with Gasteiger partial charge in [0, 0.05) is 13.1 Å². The molecule has 2 heterocycles. The van der Waals surface area contributed by atoms with Crippen molar-refractivity contribution in [2.45, 2.75) is 37.6 Å². The number of carbonyl (C=O) groups excluding carboxylic acids is 1. The van der Waals surface area contributed by atoms with Crippen molar-refractivity contribution in [3.8, 4) is 0 Å².